The highest BCUT2D eigenvalue weighted by Gasteiger charge is 2.23. The van der Waals surface area contributed by atoms with Crippen molar-refractivity contribution < 1.29 is 17.9 Å². The Kier molecular flexibility index (Phi) is 10.3. The predicted octanol–water partition coefficient (Wildman–Crippen LogP) is 10.9. The summed E-state index contributed by atoms with van der Waals surface area (Å²) in [5.74, 6) is -0.942. The summed E-state index contributed by atoms with van der Waals surface area (Å²) in [6.07, 6.45) is 12.8. The van der Waals surface area contributed by atoms with E-state index in [2.05, 4.69) is 19.9 Å². The van der Waals surface area contributed by atoms with Crippen molar-refractivity contribution in [3.8, 4) is 28.0 Å². The number of hydrogen-bond acceptors (Lipinski definition) is 1. The number of unbranched alkanes of at least 4 members (excludes halogenated alkanes) is 4. The first kappa shape index (κ1) is 28.3. The number of halogens is 3. The van der Waals surface area contributed by atoms with Crippen molar-refractivity contribution in [3.05, 3.63) is 77.6 Å². The zero-order chi connectivity index (χ0) is 26.9. The minimum Gasteiger partial charge on any atom is -0.490 e. The van der Waals surface area contributed by atoms with Crippen LogP contribution in [0.2, 0.25) is 0 Å². The lowest BCUT2D eigenvalue weighted by Gasteiger charge is -2.29. The van der Waals surface area contributed by atoms with E-state index in [1.165, 1.54) is 50.7 Å². The van der Waals surface area contributed by atoms with Crippen molar-refractivity contribution in [2.75, 3.05) is 6.61 Å². The quantitative estimate of drug-likeness (QED) is 0.215. The molecule has 0 unspecified atom stereocenters. The van der Waals surface area contributed by atoms with Gasteiger partial charge < -0.3 is 4.74 Å². The summed E-state index contributed by atoms with van der Waals surface area (Å²) in [5.41, 5.74) is 3.03. The Morgan fingerprint density at radius 3 is 1.97 bits per heavy atom. The third-order valence-corrected chi connectivity index (χ3v) is 8.09. The van der Waals surface area contributed by atoms with Gasteiger partial charge in [-0.3, -0.25) is 0 Å². The van der Waals surface area contributed by atoms with Crippen LogP contribution < -0.4 is 4.74 Å². The monoisotopic (exact) mass is 522 g/mol. The third-order valence-electron chi connectivity index (χ3n) is 8.09. The molecule has 0 aliphatic heterocycles. The van der Waals surface area contributed by atoms with Gasteiger partial charge in [-0.25, -0.2) is 8.78 Å². The molecule has 204 valence electrons. The molecule has 1 nitrogen and oxygen atoms in total. The molecular weight excluding hydrogens is 481 g/mol. The molecule has 3 aromatic carbocycles. The second-order valence-electron chi connectivity index (χ2n) is 10.8. The van der Waals surface area contributed by atoms with Gasteiger partial charge in [0.2, 0.25) is 5.82 Å². The van der Waals surface area contributed by atoms with Crippen LogP contribution in [0, 0.1) is 23.4 Å². The Morgan fingerprint density at radius 2 is 1.32 bits per heavy atom. The van der Waals surface area contributed by atoms with Crippen LogP contribution in [-0.2, 0) is 0 Å². The lowest BCUT2D eigenvalue weighted by atomic mass is 9.77. The van der Waals surface area contributed by atoms with Crippen molar-refractivity contribution in [1.82, 2.24) is 0 Å². The number of hydrogen-bond donors (Lipinski definition) is 0. The van der Waals surface area contributed by atoms with Gasteiger partial charge in [0, 0.05) is 11.1 Å². The van der Waals surface area contributed by atoms with Crippen molar-refractivity contribution in [2.24, 2.45) is 5.92 Å². The van der Waals surface area contributed by atoms with E-state index in [-0.39, 0.29) is 17.1 Å². The number of benzene rings is 3. The van der Waals surface area contributed by atoms with Gasteiger partial charge in [0.1, 0.15) is 5.82 Å². The third kappa shape index (κ3) is 7.01. The molecule has 0 bridgehead atoms. The fourth-order valence-corrected chi connectivity index (χ4v) is 5.72. The lowest BCUT2D eigenvalue weighted by Crippen LogP contribution is -2.13. The molecule has 1 saturated carbocycles. The predicted molar refractivity (Wildman–Crippen MR) is 151 cm³/mol. The summed E-state index contributed by atoms with van der Waals surface area (Å²) < 4.78 is 50.0. The van der Waals surface area contributed by atoms with Crippen LogP contribution in [0.15, 0.2) is 54.6 Å². The van der Waals surface area contributed by atoms with Crippen molar-refractivity contribution in [1.29, 1.82) is 0 Å². The largest absolute Gasteiger partial charge is 0.490 e. The maximum Gasteiger partial charge on any atom is 0.201 e. The molecule has 0 saturated heterocycles. The molecule has 0 aromatic heterocycles. The summed E-state index contributed by atoms with van der Waals surface area (Å²) in [7, 11) is 0. The molecule has 4 heteroatoms. The minimum absolute atomic E-state index is 0.0638. The molecule has 0 atom stereocenters. The van der Waals surface area contributed by atoms with Crippen LogP contribution in [0.3, 0.4) is 0 Å². The topological polar surface area (TPSA) is 9.23 Å². The van der Waals surface area contributed by atoms with Crippen molar-refractivity contribution in [2.45, 2.75) is 90.4 Å². The maximum atomic E-state index is 15.2. The van der Waals surface area contributed by atoms with Crippen LogP contribution in [-0.4, -0.2) is 6.61 Å². The summed E-state index contributed by atoms with van der Waals surface area (Å²) in [6.45, 7) is 4.68. The molecule has 38 heavy (non-hydrogen) atoms. The number of rotatable bonds is 12. The first-order valence-corrected chi connectivity index (χ1v) is 14.5. The summed E-state index contributed by atoms with van der Waals surface area (Å²) in [6, 6.07) is 15.6. The van der Waals surface area contributed by atoms with E-state index in [0.717, 1.165) is 43.6 Å². The molecule has 4 rings (SSSR count). The number of ether oxygens (including phenoxy) is 1. The molecular formula is C34H41F3O. The Hall–Kier alpha value is -2.75. The molecule has 0 radical (unpaired) electrons. The highest BCUT2D eigenvalue weighted by molar-refractivity contribution is 5.71. The van der Waals surface area contributed by atoms with E-state index in [0.29, 0.717) is 29.2 Å². The lowest BCUT2D eigenvalue weighted by molar-refractivity contribution is 0.286. The maximum absolute atomic E-state index is 15.2. The van der Waals surface area contributed by atoms with Crippen LogP contribution in [0.4, 0.5) is 13.2 Å². The van der Waals surface area contributed by atoms with E-state index in [9.17, 15) is 8.78 Å². The van der Waals surface area contributed by atoms with Gasteiger partial charge in [0.25, 0.3) is 0 Å². The van der Waals surface area contributed by atoms with Gasteiger partial charge in [-0.1, -0.05) is 88.8 Å². The first-order chi connectivity index (χ1) is 18.5. The SMILES string of the molecule is CCCCCOc1ccc(-c2ccc(-c3ccc(C4CCC(CCCCC)CC4)cc3F)cc2)c(F)c1F. The van der Waals surface area contributed by atoms with Crippen molar-refractivity contribution >= 4 is 0 Å². The van der Waals surface area contributed by atoms with Crippen LogP contribution in [0.5, 0.6) is 5.75 Å². The molecule has 0 spiro atoms. The van der Waals surface area contributed by atoms with Gasteiger partial charge in [0.15, 0.2) is 11.6 Å². The Bertz CT molecular complexity index is 1160. The fraction of sp³-hybridized carbons (Fsp3) is 0.471. The summed E-state index contributed by atoms with van der Waals surface area (Å²) >= 11 is 0. The normalized spacial score (nSPS) is 17.5. The molecule has 0 amide bonds. The standard InChI is InChI=1S/C34H41F3O/c1-3-5-7-9-24-10-12-25(13-11-24)28-18-19-29(31(35)23-28)26-14-16-27(17-15-26)30-20-21-32(34(37)33(30)36)38-22-8-6-4-2/h14-21,23-25H,3-13,22H2,1-2H3. The van der Waals surface area contributed by atoms with Gasteiger partial charge >= 0.3 is 0 Å². The molecule has 1 aliphatic rings. The highest BCUT2D eigenvalue weighted by Crippen LogP contribution is 2.39. The van der Waals surface area contributed by atoms with E-state index < -0.39 is 11.6 Å². The Morgan fingerprint density at radius 1 is 0.684 bits per heavy atom. The zero-order valence-corrected chi connectivity index (χ0v) is 22.9. The average molecular weight is 523 g/mol. The van der Waals surface area contributed by atoms with Crippen LogP contribution >= 0.6 is 0 Å². The second-order valence-corrected chi connectivity index (χ2v) is 10.8. The van der Waals surface area contributed by atoms with Crippen molar-refractivity contribution in [3.63, 3.8) is 0 Å². The van der Waals surface area contributed by atoms with Gasteiger partial charge in [-0.2, -0.15) is 4.39 Å². The highest BCUT2D eigenvalue weighted by atomic mass is 19.2. The molecule has 1 aliphatic carbocycles. The van der Waals surface area contributed by atoms with E-state index >= 15 is 4.39 Å². The van der Waals surface area contributed by atoms with E-state index in [1.807, 2.05) is 6.07 Å². The van der Waals surface area contributed by atoms with Gasteiger partial charge in [0.05, 0.1) is 6.61 Å². The minimum atomic E-state index is -0.972. The molecule has 0 heterocycles. The Balaban J connectivity index is 1.41. The van der Waals surface area contributed by atoms with Crippen LogP contribution in [0.1, 0.15) is 96.0 Å². The molecule has 3 aromatic rings. The fourth-order valence-electron chi connectivity index (χ4n) is 5.72. The smallest absolute Gasteiger partial charge is 0.201 e. The van der Waals surface area contributed by atoms with E-state index in [1.54, 1.807) is 30.3 Å². The first-order valence-electron chi connectivity index (χ1n) is 14.5. The zero-order valence-electron chi connectivity index (χ0n) is 22.9. The average Bonchev–Trinajstić information content (AvgIpc) is 2.94. The summed E-state index contributed by atoms with van der Waals surface area (Å²) in [4.78, 5) is 0. The Labute approximate surface area is 226 Å². The van der Waals surface area contributed by atoms with E-state index in [4.69, 9.17) is 4.74 Å². The summed E-state index contributed by atoms with van der Waals surface area (Å²) in [5, 5.41) is 0. The second kappa shape index (κ2) is 13.9. The van der Waals surface area contributed by atoms with Gasteiger partial charge in [-0.15, -0.1) is 0 Å². The van der Waals surface area contributed by atoms with Crippen LogP contribution in [0.25, 0.3) is 22.3 Å². The van der Waals surface area contributed by atoms with Gasteiger partial charge in [-0.05, 0) is 78.8 Å². The molecule has 1 fully saturated rings. The molecule has 0 N–H and O–H groups in total.